The Hall–Kier alpha value is -3.22. The van der Waals surface area contributed by atoms with E-state index >= 15 is 0 Å². The van der Waals surface area contributed by atoms with Gasteiger partial charge in [0, 0.05) is 5.56 Å². The van der Waals surface area contributed by atoms with E-state index in [-0.39, 0.29) is 5.75 Å². The van der Waals surface area contributed by atoms with Gasteiger partial charge < -0.3 is 19.3 Å². The number of carbonyl (C=O) groups excluding carboxylic acids is 1. The van der Waals surface area contributed by atoms with Crippen LogP contribution >= 0.6 is 0 Å². The SMILES string of the molecule is CCOc1cc(C(=O)N/N=C/c2cccc(O)c2)cc(OCC)c1OCC. The lowest BCUT2D eigenvalue weighted by Crippen LogP contribution is -2.18. The van der Waals surface area contributed by atoms with E-state index in [0.29, 0.717) is 48.2 Å². The number of phenols is 1. The highest BCUT2D eigenvalue weighted by Crippen LogP contribution is 2.39. The summed E-state index contributed by atoms with van der Waals surface area (Å²) in [6.07, 6.45) is 1.44. The first kappa shape index (κ1) is 20.1. The highest BCUT2D eigenvalue weighted by molar-refractivity contribution is 5.96. The number of hydrogen-bond acceptors (Lipinski definition) is 6. The molecule has 2 aromatic carbocycles. The third kappa shape index (κ3) is 5.64. The lowest BCUT2D eigenvalue weighted by molar-refractivity contribution is 0.0954. The molecular weight excluding hydrogens is 348 g/mol. The molecule has 0 saturated carbocycles. The van der Waals surface area contributed by atoms with Crippen LogP contribution in [0.2, 0.25) is 0 Å². The summed E-state index contributed by atoms with van der Waals surface area (Å²) in [5.74, 6) is 1.05. The molecule has 0 aliphatic heterocycles. The van der Waals surface area contributed by atoms with Crippen LogP contribution in [-0.2, 0) is 0 Å². The minimum Gasteiger partial charge on any atom is -0.508 e. The minimum absolute atomic E-state index is 0.125. The number of benzene rings is 2. The highest BCUT2D eigenvalue weighted by Gasteiger charge is 2.18. The number of hydrazone groups is 1. The van der Waals surface area contributed by atoms with Gasteiger partial charge >= 0.3 is 0 Å². The molecule has 7 heteroatoms. The second kappa shape index (κ2) is 10.1. The van der Waals surface area contributed by atoms with Crippen LogP contribution in [0.3, 0.4) is 0 Å². The zero-order valence-corrected chi connectivity index (χ0v) is 15.7. The van der Waals surface area contributed by atoms with Gasteiger partial charge in [0.05, 0.1) is 26.0 Å². The van der Waals surface area contributed by atoms with Gasteiger partial charge in [0.2, 0.25) is 5.75 Å². The van der Waals surface area contributed by atoms with Gasteiger partial charge in [0.1, 0.15) is 5.75 Å². The average molecular weight is 372 g/mol. The summed E-state index contributed by atoms with van der Waals surface area (Å²) in [6, 6.07) is 9.72. The van der Waals surface area contributed by atoms with E-state index in [4.69, 9.17) is 14.2 Å². The van der Waals surface area contributed by atoms with Crippen molar-refractivity contribution in [2.45, 2.75) is 20.8 Å². The fourth-order valence-electron chi connectivity index (χ4n) is 2.35. The van der Waals surface area contributed by atoms with Gasteiger partial charge in [-0.1, -0.05) is 12.1 Å². The third-order valence-electron chi connectivity index (χ3n) is 3.42. The monoisotopic (exact) mass is 372 g/mol. The Bertz CT molecular complexity index is 778. The maximum absolute atomic E-state index is 12.5. The van der Waals surface area contributed by atoms with Crippen molar-refractivity contribution in [3.8, 4) is 23.0 Å². The van der Waals surface area contributed by atoms with Crippen molar-refractivity contribution >= 4 is 12.1 Å². The predicted octanol–water partition coefficient (Wildman–Crippen LogP) is 3.35. The summed E-state index contributed by atoms with van der Waals surface area (Å²) >= 11 is 0. The van der Waals surface area contributed by atoms with Crippen molar-refractivity contribution in [1.82, 2.24) is 5.43 Å². The average Bonchev–Trinajstić information content (AvgIpc) is 2.64. The Morgan fingerprint density at radius 1 is 1.04 bits per heavy atom. The summed E-state index contributed by atoms with van der Waals surface area (Å²) in [7, 11) is 0. The van der Waals surface area contributed by atoms with Crippen molar-refractivity contribution in [3.63, 3.8) is 0 Å². The number of rotatable bonds is 9. The molecule has 1 amide bonds. The molecule has 144 valence electrons. The summed E-state index contributed by atoms with van der Waals surface area (Å²) < 4.78 is 16.8. The van der Waals surface area contributed by atoms with Crippen molar-refractivity contribution in [2.24, 2.45) is 5.10 Å². The molecule has 0 radical (unpaired) electrons. The van der Waals surface area contributed by atoms with E-state index in [1.165, 1.54) is 12.3 Å². The number of carbonyl (C=O) groups is 1. The molecule has 0 bridgehead atoms. The maximum atomic E-state index is 12.5. The van der Waals surface area contributed by atoms with E-state index in [0.717, 1.165) is 0 Å². The van der Waals surface area contributed by atoms with Crippen LogP contribution < -0.4 is 19.6 Å². The first-order valence-electron chi connectivity index (χ1n) is 8.77. The standard InChI is InChI=1S/C20H24N2O5/c1-4-25-17-11-15(12-18(26-5-2)19(17)27-6-3)20(24)22-21-13-14-8-7-9-16(23)10-14/h7-13,23H,4-6H2,1-3H3,(H,22,24)/b21-13+. The van der Waals surface area contributed by atoms with E-state index in [9.17, 15) is 9.90 Å². The first-order valence-corrected chi connectivity index (χ1v) is 8.77. The van der Waals surface area contributed by atoms with Crippen LogP contribution in [0, 0.1) is 0 Å². The first-order chi connectivity index (χ1) is 13.1. The molecule has 0 fully saturated rings. The molecule has 27 heavy (non-hydrogen) atoms. The van der Waals surface area contributed by atoms with Crippen LogP contribution in [0.5, 0.6) is 23.0 Å². The molecule has 0 heterocycles. The molecular formula is C20H24N2O5. The Morgan fingerprint density at radius 2 is 1.67 bits per heavy atom. The zero-order chi connectivity index (χ0) is 19.6. The smallest absolute Gasteiger partial charge is 0.271 e. The Balaban J connectivity index is 2.23. The molecule has 0 atom stereocenters. The molecule has 0 saturated heterocycles. The van der Waals surface area contributed by atoms with E-state index in [2.05, 4.69) is 10.5 Å². The molecule has 2 aromatic rings. The van der Waals surface area contributed by atoms with Crippen molar-refractivity contribution in [3.05, 3.63) is 47.5 Å². The Morgan fingerprint density at radius 3 is 2.22 bits per heavy atom. The van der Waals surface area contributed by atoms with Gasteiger partial charge in [-0.15, -0.1) is 0 Å². The van der Waals surface area contributed by atoms with Crippen LogP contribution in [0.25, 0.3) is 0 Å². The van der Waals surface area contributed by atoms with Crippen molar-refractivity contribution in [2.75, 3.05) is 19.8 Å². The van der Waals surface area contributed by atoms with Crippen molar-refractivity contribution in [1.29, 1.82) is 0 Å². The second-order valence-corrected chi connectivity index (χ2v) is 5.39. The Labute approximate surface area is 158 Å². The largest absolute Gasteiger partial charge is 0.508 e. The number of hydrogen-bond donors (Lipinski definition) is 2. The summed E-state index contributed by atoms with van der Waals surface area (Å²) in [5.41, 5.74) is 3.45. The summed E-state index contributed by atoms with van der Waals surface area (Å²) in [5, 5.41) is 13.4. The molecule has 0 aliphatic carbocycles. The quantitative estimate of drug-likeness (QED) is 0.520. The van der Waals surface area contributed by atoms with Gasteiger partial charge in [-0.25, -0.2) is 5.43 Å². The maximum Gasteiger partial charge on any atom is 0.271 e. The molecule has 0 aliphatic rings. The number of aromatic hydroxyl groups is 1. The van der Waals surface area contributed by atoms with Crippen LogP contribution in [-0.4, -0.2) is 37.0 Å². The molecule has 2 N–H and O–H groups in total. The van der Waals surface area contributed by atoms with E-state index < -0.39 is 5.91 Å². The van der Waals surface area contributed by atoms with Gasteiger partial charge in [0.15, 0.2) is 11.5 Å². The molecule has 7 nitrogen and oxygen atoms in total. The zero-order valence-electron chi connectivity index (χ0n) is 15.7. The molecule has 0 aromatic heterocycles. The van der Waals surface area contributed by atoms with Gasteiger partial charge in [-0.05, 0) is 50.6 Å². The van der Waals surface area contributed by atoms with Crippen LogP contribution in [0.4, 0.5) is 0 Å². The molecule has 0 unspecified atom stereocenters. The van der Waals surface area contributed by atoms with Gasteiger partial charge in [0.25, 0.3) is 5.91 Å². The second-order valence-electron chi connectivity index (χ2n) is 5.39. The summed E-state index contributed by atoms with van der Waals surface area (Å²) in [4.78, 5) is 12.5. The normalized spacial score (nSPS) is 10.6. The lowest BCUT2D eigenvalue weighted by Gasteiger charge is -2.16. The number of nitrogens with zero attached hydrogens (tertiary/aromatic N) is 1. The van der Waals surface area contributed by atoms with Crippen molar-refractivity contribution < 1.29 is 24.1 Å². The number of ether oxygens (including phenoxy) is 3. The predicted molar refractivity (Wildman–Crippen MR) is 103 cm³/mol. The number of amides is 1. The van der Waals surface area contributed by atoms with Crippen LogP contribution in [0.15, 0.2) is 41.5 Å². The van der Waals surface area contributed by atoms with Gasteiger partial charge in [-0.3, -0.25) is 4.79 Å². The fraction of sp³-hybridized carbons (Fsp3) is 0.300. The lowest BCUT2D eigenvalue weighted by atomic mass is 10.1. The topological polar surface area (TPSA) is 89.4 Å². The summed E-state index contributed by atoms with van der Waals surface area (Å²) in [6.45, 7) is 6.85. The van der Waals surface area contributed by atoms with Gasteiger partial charge in [-0.2, -0.15) is 5.10 Å². The van der Waals surface area contributed by atoms with Crippen LogP contribution in [0.1, 0.15) is 36.7 Å². The Kier molecular flexibility index (Phi) is 7.49. The van der Waals surface area contributed by atoms with E-state index in [1.54, 1.807) is 30.3 Å². The fourth-order valence-corrected chi connectivity index (χ4v) is 2.35. The number of phenolic OH excluding ortho intramolecular Hbond substituents is 1. The van der Waals surface area contributed by atoms with E-state index in [1.807, 2.05) is 20.8 Å². The number of nitrogens with one attached hydrogen (secondary N) is 1. The highest BCUT2D eigenvalue weighted by atomic mass is 16.5. The molecule has 2 rings (SSSR count). The molecule has 0 spiro atoms. The third-order valence-corrected chi connectivity index (χ3v) is 3.42. The minimum atomic E-state index is -0.420.